The molecule has 7 heteroatoms. The molecule has 3 N–H and O–H groups in total. The number of para-hydroxylation sites is 1. The Kier molecular flexibility index (Phi) is 4.58. The summed E-state index contributed by atoms with van der Waals surface area (Å²) in [6, 6.07) is 9.29. The molecule has 0 spiro atoms. The van der Waals surface area contributed by atoms with Gasteiger partial charge < -0.3 is 4.98 Å². The van der Waals surface area contributed by atoms with Crippen LogP contribution in [-0.4, -0.2) is 28.3 Å². The summed E-state index contributed by atoms with van der Waals surface area (Å²) in [6.45, 7) is 0. The van der Waals surface area contributed by atoms with Crippen molar-refractivity contribution in [2.45, 2.75) is 0 Å². The maximum Gasteiger partial charge on any atom is 0.274 e. The molecule has 96 valence electrons. The van der Waals surface area contributed by atoms with E-state index in [1.165, 1.54) is 7.05 Å². The van der Waals surface area contributed by atoms with Crippen LogP contribution < -0.4 is 5.32 Å². The number of H-pyrrole nitrogens is 1. The van der Waals surface area contributed by atoms with Crippen molar-refractivity contribution < 1.29 is 4.79 Å². The molecule has 0 fully saturated rings. The predicted octanol–water partition coefficient (Wildman–Crippen LogP) is 2.34. The van der Waals surface area contributed by atoms with Crippen molar-refractivity contribution in [2.24, 2.45) is 0 Å². The van der Waals surface area contributed by atoms with Gasteiger partial charge in [0, 0.05) is 29.7 Å². The van der Waals surface area contributed by atoms with E-state index in [0.717, 1.165) is 15.3 Å². The number of rotatable bonds is 1. The van der Waals surface area contributed by atoms with Crippen molar-refractivity contribution in [3.05, 3.63) is 36.0 Å². The van der Waals surface area contributed by atoms with Gasteiger partial charge in [-0.2, -0.15) is 0 Å². The third-order valence-electron chi connectivity index (χ3n) is 2.31. The van der Waals surface area contributed by atoms with E-state index in [1.807, 2.05) is 24.3 Å². The number of halogens is 2. The summed E-state index contributed by atoms with van der Waals surface area (Å²) in [4.78, 5) is 14.7. The van der Waals surface area contributed by atoms with Crippen LogP contribution in [-0.2, 0) is 0 Å². The number of benzene rings is 1. The van der Waals surface area contributed by atoms with Gasteiger partial charge in [0.25, 0.3) is 5.91 Å². The van der Waals surface area contributed by atoms with Crippen molar-refractivity contribution in [1.82, 2.24) is 14.7 Å². The molecule has 18 heavy (non-hydrogen) atoms. The number of carbonyl (C=O) groups is 1. The summed E-state index contributed by atoms with van der Waals surface area (Å²) in [6.07, 6.45) is 0. The number of fused-ring (bicyclic) bond motifs is 1. The van der Waals surface area contributed by atoms with Crippen LogP contribution in [0, 0.1) is 5.41 Å². The first-order valence-corrected chi connectivity index (χ1v) is 5.29. The van der Waals surface area contributed by atoms with Gasteiger partial charge in [-0.05, 0) is 12.1 Å². The van der Waals surface area contributed by atoms with Crippen molar-refractivity contribution in [3.63, 3.8) is 0 Å². The molecule has 1 aromatic heterocycles. The average Bonchev–Trinajstić information content (AvgIpc) is 2.72. The average molecular weight is 287 g/mol. The highest BCUT2D eigenvalue weighted by molar-refractivity contribution is 6.23. The van der Waals surface area contributed by atoms with Crippen LogP contribution in [0.1, 0.15) is 10.5 Å². The molecule has 0 aliphatic heterocycles. The molecule has 0 saturated carbocycles. The molecule has 0 bridgehead atoms. The largest absolute Gasteiger partial charge is 0.351 e. The number of aromatic amines is 1. The second kappa shape index (κ2) is 5.75. The molecule has 1 heterocycles. The molecule has 1 amide bonds. The van der Waals surface area contributed by atoms with E-state index in [1.54, 1.807) is 6.07 Å². The van der Waals surface area contributed by atoms with Crippen LogP contribution in [0.4, 0.5) is 0 Å². The summed E-state index contributed by atoms with van der Waals surface area (Å²) in [7, 11) is 1.47. The Morgan fingerprint density at radius 1 is 1.44 bits per heavy atom. The number of nitrogens with one attached hydrogen (secondary N) is 3. The number of hydrogen-bond donors (Lipinski definition) is 3. The number of carbonyl (C=O) groups excluding carboxylic acids is 1. The van der Waals surface area contributed by atoms with Crippen molar-refractivity contribution >= 4 is 47.0 Å². The second-order valence-corrected chi connectivity index (χ2v) is 4.06. The highest BCUT2D eigenvalue weighted by atomic mass is 35.5. The standard InChI is InChI=1S/C11H11ClN4O.ClH/c1-16(12)11(13)15-10(17)9-6-7-4-2-3-5-8(7)14-9;/h2-6,14H,1H3,(H2,13,15,17);1H. The normalized spacial score (nSPS) is 9.67. The van der Waals surface area contributed by atoms with E-state index in [-0.39, 0.29) is 18.4 Å². The molecule has 0 saturated heterocycles. The zero-order valence-corrected chi connectivity index (χ0v) is 11.1. The molecule has 0 unspecified atom stereocenters. The molecule has 0 atom stereocenters. The van der Waals surface area contributed by atoms with E-state index in [4.69, 9.17) is 17.2 Å². The molecule has 5 nitrogen and oxygen atoms in total. The van der Waals surface area contributed by atoms with Gasteiger partial charge in [-0.1, -0.05) is 18.2 Å². The Morgan fingerprint density at radius 3 is 2.72 bits per heavy atom. The Balaban J connectivity index is 0.00000162. The van der Waals surface area contributed by atoms with Gasteiger partial charge in [-0.3, -0.25) is 19.9 Å². The van der Waals surface area contributed by atoms with Crippen LogP contribution in [0.5, 0.6) is 0 Å². The topological polar surface area (TPSA) is 72.0 Å². The van der Waals surface area contributed by atoms with Crippen molar-refractivity contribution in [2.75, 3.05) is 7.05 Å². The third kappa shape index (κ3) is 2.94. The SMILES string of the molecule is CN(Cl)C(=N)NC(=O)c1cc2ccccc2[nH]1.Cl. The first-order valence-electron chi connectivity index (χ1n) is 4.95. The zero-order chi connectivity index (χ0) is 12.4. The van der Waals surface area contributed by atoms with Gasteiger partial charge in [0.1, 0.15) is 5.69 Å². The molecule has 0 aliphatic carbocycles. The van der Waals surface area contributed by atoms with Crippen molar-refractivity contribution in [3.8, 4) is 0 Å². The Labute approximate surface area is 115 Å². The lowest BCUT2D eigenvalue weighted by atomic mass is 10.2. The first kappa shape index (κ1) is 14.3. The minimum atomic E-state index is -0.390. The first-order chi connectivity index (χ1) is 8.08. The van der Waals surface area contributed by atoms with Gasteiger partial charge >= 0.3 is 0 Å². The smallest absolute Gasteiger partial charge is 0.274 e. The Morgan fingerprint density at radius 2 is 2.11 bits per heavy atom. The molecular formula is C11H12Cl2N4O. The summed E-state index contributed by atoms with van der Waals surface area (Å²) in [5.41, 5.74) is 1.28. The minimum absolute atomic E-state index is 0. The van der Waals surface area contributed by atoms with Gasteiger partial charge in [0.15, 0.2) is 0 Å². The molecule has 2 aromatic rings. The van der Waals surface area contributed by atoms with Gasteiger partial charge in [-0.15, -0.1) is 12.4 Å². The molecule has 1 aromatic carbocycles. The monoisotopic (exact) mass is 286 g/mol. The quantitative estimate of drug-likeness (QED) is 0.428. The lowest BCUT2D eigenvalue weighted by Crippen LogP contribution is -2.37. The maximum absolute atomic E-state index is 11.8. The van der Waals surface area contributed by atoms with Crippen LogP contribution in [0.2, 0.25) is 0 Å². The Bertz CT molecular complexity index is 546. The van der Waals surface area contributed by atoms with Crippen molar-refractivity contribution in [1.29, 1.82) is 5.41 Å². The van der Waals surface area contributed by atoms with E-state index < -0.39 is 5.91 Å². The van der Waals surface area contributed by atoms with Crippen LogP contribution in [0.15, 0.2) is 30.3 Å². The fourth-order valence-electron chi connectivity index (χ4n) is 1.45. The van der Waals surface area contributed by atoms with Crippen LogP contribution in [0.3, 0.4) is 0 Å². The molecule has 0 aliphatic rings. The second-order valence-electron chi connectivity index (χ2n) is 3.55. The summed E-state index contributed by atoms with van der Waals surface area (Å²) < 4.78 is 1.00. The molecule has 0 radical (unpaired) electrons. The number of nitrogens with zero attached hydrogens (tertiary/aromatic N) is 1. The zero-order valence-electron chi connectivity index (χ0n) is 9.53. The summed E-state index contributed by atoms with van der Waals surface area (Å²) >= 11 is 5.52. The number of guanidine groups is 1. The summed E-state index contributed by atoms with van der Waals surface area (Å²) in [5.74, 6) is -0.561. The van der Waals surface area contributed by atoms with Crippen LogP contribution >= 0.6 is 24.2 Å². The number of amides is 1. The highest BCUT2D eigenvalue weighted by Crippen LogP contribution is 2.14. The van der Waals surface area contributed by atoms with Crippen LogP contribution in [0.25, 0.3) is 10.9 Å². The number of hydrogen-bond acceptors (Lipinski definition) is 2. The Hall–Kier alpha value is -1.72. The van der Waals surface area contributed by atoms with E-state index >= 15 is 0 Å². The van der Waals surface area contributed by atoms with E-state index in [9.17, 15) is 4.79 Å². The predicted molar refractivity (Wildman–Crippen MR) is 74.4 cm³/mol. The fourth-order valence-corrected chi connectivity index (χ4v) is 1.49. The minimum Gasteiger partial charge on any atom is -0.351 e. The van der Waals surface area contributed by atoms with E-state index in [2.05, 4.69) is 10.3 Å². The van der Waals surface area contributed by atoms with Gasteiger partial charge in [0.05, 0.1) is 0 Å². The third-order valence-corrected chi connectivity index (χ3v) is 2.48. The summed E-state index contributed by atoms with van der Waals surface area (Å²) in [5, 5.41) is 10.7. The lowest BCUT2D eigenvalue weighted by Gasteiger charge is -2.10. The lowest BCUT2D eigenvalue weighted by molar-refractivity contribution is 0.0970. The maximum atomic E-state index is 11.8. The van der Waals surface area contributed by atoms with Gasteiger partial charge in [0.2, 0.25) is 5.96 Å². The molecular weight excluding hydrogens is 275 g/mol. The number of aromatic nitrogens is 1. The van der Waals surface area contributed by atoms with Gasteiger partial charge in [-0.25, -0.2) is 0 Å². The van der Waals surface area contributed by atoms with E-state index in [0.29, 0.717) is 5.69 Å². The fraction of sp³-hybridized carbons (Fsp3) is 0.0909. The molecule has 2 rings (SSSR count). The highest BCUT2D eigenvalue weighted by Gasteiger charge is 2.12.